The van der Waals surface area contributed by atoms with Crippen molar-refractivity contribution in [3.8, 4) is 0 Å². The smallest absolute Gasteiger partial charge is 0.220 e. The summed E-state index contributed by atoms with van der Waals surface area (Å²) in [5.74, 6) is -0.281. The first-order valence-electron chi connectivity index (χ1n) is 4.74. The molecule has 15 heavy (non-hydrogen) atoms. The zero-order chi connectivity index (χ0) is 11.3. The van der Waals surface area contributed by atoms with Gasteiger partial charge in [0.2, 0.25) is 5.91 Å². The highest BCUT2D eigenvalue weighted by Gasteiger charge is 2.06. The Kier molecular flexibility index (Phi) is 4.03. The lowest BCUT2D eigenvalue weighted by atomic mass is 10.2. The number of carbonyl (C=O) groups excluding carboxylic acids is 1. The monoisotopic (exact) mass is 207 g/mol. The van der Waals surface area contributed by atoms with E-state index in [2.05, 4.69) is 6.58 Å². The lowest BCUT2D eigenvalue weighted by molar-refractivity contribution is -0.128. The summed E-state index contributed by atoms with van der Waals surface area (Å²) < 4.78 is 12.6. The van der Waals surface area contributed by atoms with Crippen molar-refractivity contribution in [2.75, 3.05) is 6.54 Å². The van der Waals surface area contributed by atoms with Crippen LogP contribution in [0.1, 0.15) is 12.5 Å². The topological polar surface area (TPSA) is 20.3 Å². The van der Waals surface area contributed by atoms with E-state index in [4.69, 9.17) is 0 Å². The Morgan fingerprint density at radius 2 is 2.07 bits per heavy atom. The van der Waals surface area contributed by atoms with Crippen molar-refractivity contribution in [2.45, 2.75) is 13.5 Å². The number of hydrogen-bond donors (Lipinski definition) is 0. The molecule has 0 bridgehead atoms. The van der Waals surface area contributed by atoms with Crippen LogP contribution in [0, 0.1) is 5.82 Å². The van der Waals surface area contributed by atoms with E-state index in [0.29, 0.717) is 13.1 Å². The molecule has 1 aromatic carbocycles. The van der Waals surface area contributed by atoms with Crippen LogP contribution in [-0.2, 0) is 11.3 Å². The molecular formula is C12H14FNO. The summed E-state index contributed by atoms with van der Waals surface area (Å²) in [6.45, 7) is 6.09. The van der Waals surface area contributed by atoms with E-state index < -0.39 is 0 Å². The maximum atomic E-state index is 12.6. The molecule has 0 atom stereocenters. The highest BCUT2D eigenvalue weighted by atomic mass is 19.1. The molecule has 0 unspecified atom stereocenters. The van der Waals surface area contributed by atoms with Crippen LogP contribution in [-0.4, -0.2) is 17.4 Å². The van der Waals surface area contributed by atoms with Crippen LogP contribution in [0.4, 0.5) is 4.39 Å². The van der Waals surface area contributed by atoms with Gasteiger partial charge in [0.15, 0.2) is 0 Å². The zero-order valence-electron chi connectivity index (χ0n) is 8.74. The summed E-state index contributed by atoms with van der Waals surface area (Å²) in [5.41, 5.74) is 0.911. The summed E-state index contributed by atoms with van der Waals surface area (Å²) >= 11 is 0. The molecule has 80 valence electrons. The maximum Gasteiger partial charge on any atom is 0.220 e. The highest BCUT2D eigenvalue weighted by Crippen LogP contribution is 2.06. The van der Waals surface area contributed by atoms with Gasteiger partial charge >= 0.3 is 0 Å². The van der Waals surface area contributed by atoms with Gasteiger partial charge in [-0.15, -0.1) is 6.58 Å². The molecule has 0 spiro atoms. The van der Waals surface area contributed by atoms with Crippen LogP contribution < -0.4 is 0 Å². The molecule has 0 heterocycles. The number of nitrogens with zero attached hydrogens (tertiary/aromatic N) is 1. The number of benzene rings is 1. The van der Waals surface area contributed by atoms with Crippen molar-refractivity contribution in [3.63, 3.8) is 0 Å². The Labute approximate surface area is 89.0 Å². The third kappa shape index (κ3) is 3.54. The van der Waals surface area contributed by atoms with Crippen molar-refractivity contribution in [1.29, 1.82) is 0 Å². The number of amides is 1. The molecule has 3 heteroatoms. The van der Waals surface area contributed by atoms with Crippen LogP contribution in [0.25, 0.3) is 0 Å². The van der Waals surface area contributed by atoms with Crippen molar-refractivity contribution in [1.82, 2.24) is 4.90 Å². The molecule has 0 N–H and O–H groups in total. The van der Waals surface area contributed by atoms with Gasteiger partial charge in [-0.2, -0.15) is 0 Å². The van der Waals surface area contributed by atoms with Gasteiger partial charge in [0.05, 0.1) is 0 Å². The average molecular weight is 207 g/mol. The van der Waals surface area contributed by atoms with E-state index in [1.165, 1.54) is 19.1 Å². The van der Waals surface area contributed by atoms with E-state index in [0.717, 1.165) is 5.56 Å². The van der Waals surface area contributed by atoms with E-state index in [-0.39, 0.29) is 11.7 Å². The van der Waals surface area contributed by atoms with Crippen LogP contribution in [0.2, 0.25) is 0 Å². The molecule has 1 aromatic rings. The van der Waals surface area contributed by atoms with Gasteiger partial charge in [0.25, 0.3) is 0 Å². The average Bonchev–Trinajstić information content (AvgIpc) is 2.20. The number of halogens is 1. The van der Waals surface area contributed by atoms with E-state index in [9.17, 15) is 9.18 Å². The first-order chi connectivity index (χ1) is 7.13. The van der Waals surface area contributed by atoms with E-state index in [1.807, 2.05) is 0 Å². The van der Waals surface area contributed by atoms with Gasteiger partial charge in [-0.3, -0.25) is 4.79 Å². The van der Waals surface area contributed by atoms with E-state index in [1.54, 1.807) is 23.1 Å². The second kappa shape index (κ2) is 5.29. The minimum atomic E-state index is -0.267. The molecule has 0 radical (unpaired) electrons. The normalized spacial score (nSPS) is 9.73. The Hall–Kier alpha value is -1.64. The lowest BCUT2D eigenvalue weighted by Gasteiger charge is -2.19. The van der Waals surface area contributed by atoms with Gasteiger partial charge in [-0.1, -0.05) is 18.2 Å². The van der Waals surface area contributed by atoms with Crippen LogP contribution in [0.5, 0.6) is 0 Å². The third-order valence-corrected chi connectivity index (χ3v) is 2.08. The Morgan fingerprint density at radius 3 is 2.53 bits per heavy atom. The molecule has 0 aliphatic carbocycles. The number of rotatable bonds is 4. The van der Waals surface area contributed by atoms with Gasteiger partial charge in [-0.25, -0.2) is 4.39 Å². The van der Waals surface area contributed by atoms with E-state index >= 15 is 0 Å². The Bertz CT molecular complexity index is 345. The SMILES string of the molecule is C=CCN(Cc1ccc(F)cc1)C(C)=O. The molecule has 0 aliphatic rings. The molecule has 1 amide bonds. The summed E-state index contributed by atoms with van der Waals surface area (Å²) in [5, 5.41) is 0. The third-order valence-electron chi connectivity index (χ3n) is 2.08. The van der Waals surface area contributed by atoms with Crippen LogP contribution >= 0.6 is 0 Å². The zero-order valence-corrected chi connectivity index (χ0v) is 8.74. The molecular weight excluding hydrogens is 193 g/mol. The largest absolute Gasteiger partial charge is 0.335 e. The maximum absolute atomic E-state index is 12.6. The summed E-state index contributed by atoms with van der Waals surface area (Å²) in [4.78, 5) is 12.8. The minimum Gasteiger partial charge on any atom is -0.335 e. The van der Waals surface area contributed by atoms with Crippen molar-refractivity contribution in [2.24, 2.45) is 0 Å². The number of hydrogen-bond acceptors (Lipinski definition) is 1. The van der Waals surface area contributed by atoms with Crippen molar-refractivity contribution >= 4 is 5.91 Å². The number of carbonyl (C=O) groups is 1. The first kappa shape index (κ1) is 11.4. The van der Waals surface area contributed by atoms with Crippen molar-refractivity contribution in [3.05, 3.63) is 48.3 Å². The fraction of sp³-hybridized carbons (Fsp3) is 0.250. The lowest BCUT2D eigenvalue weighted by Crippen LogP contribution is -2.28. The molecule has 1 rings (SSSR count). The summed E-state index contributed by atoms with van der Waals surface area (Å²) in [7, 11) is 0. The van der Waals surface area contributed by atoms with Gasteiger partial charge in [0, 0.05) is 20.0 Å². The predicted octanol–water partition coefficient (Wildman–Crippen LogP) is 2.36. The molecule has 0 aliphatic heterocycles. The molecule has 0 fully saturated rings. The van der Waals surface area contributed by atoms with Gasteiger partial charge < -0.3 is 4.90 Å². The standard InChI is InChI=1S/C12H14FNO/c1-3-8-14(10(2)15)9-11-4-6-12(13)7-5-11/h3-7H,1,8-9H2,2H3. The fourth-order valence-electron chi connectivity index (χ4n) is 1.27. The Morgan fingerprint density at radius 1 is 1.47 bits per heavy atom. The predicted molar refractivity (Wildman–Crippen MR) is 57.7 cm³/mol. The molecule has 0 saturated carbocycles. The van der Waals surface area contributed by atoms with Crippen molar-refractivity contribution < 1.29 is 9.18 Å². The quantitative estimate of drug-likeness (QED) is 0.694. The fourth-order valence-corrected chi connectivity index (χ4v) is 1.27. The summed E-state index contributed by atoms with van der Waals surface area (Å²) in [6, 6.07) is 6.13. The summed E-state index contributed by atoms with van der Waals surface area (Å²) in [6.07, 6.45) is 1.67. The van der Waals surface area contributed by atoms with Gasteiger partial charge in [0.1, 0.15) is 5.82 Å². The first-order valence-corrected chi connectivity index (χ1v) is 4.74. The van der Waals surface area contributed by atoms with Crippen LogP contribution in [0.15, 0.2) is 36.9 Å². The minimum absolute atomic E-state index is 0.0146. The molecule has 0 aromatic heterocycles. The van der Waals surface area contributed by atoms with Gasteiger partial charge in [-0.05, 0) is 17.7 Å². The second-order valence-corrected chi connectivity index (χ2v) is 3.31. The molecule has 2 nitrogen and oxygen atoms in total. The second-order valence-electron chi connectivity index (χ2n) is 3.31. The molecule has 0 saturated heterocycles. The van der Waals surface area contributed by atoms with Crippen LogP contribution in [0.3, 0.4) is 0 Å². The highest BCUT2D eigenvalue weighted by molar-refractivity contribution is 5.73. The Balaban J connectivity index is 2.69.